The summed E-state index contributed by atoms with van der Waals surface area (Å²) in [6.45, 7) is 0. The summed E-state index contributed by atoms with van der Waals surface area (Å²) in [7, 11) is 4.71. The molecule has 30 heavy (non-hydrogen) atoms. The summed E-state index contributed by atoms with van der Waals surface area (Å²) in [5.74, 6) is 1.94. The molecule has 2 aromatic rings. The van der Waals surface area contributed by atoms with Gasteiger partial charge in [0, 0.05) is 24.5 Å². The molecule has 3 rings (SSSR count). The Morgan fingerprint density at radius 2 is 1.67 bits per heavy atom. The van der Waals surface area contributed by atoms with Gasteiger partial charge in [0.05, 0.1) is 21.3 Å². The number of hydrogen-bond acceptors (Lipinski definition) is 7. The molecule has 160 valence electrons. The summed E-state index contributed by atoms with van der Waals surface area (Å²) in [5, 5.41) is 3.06. The molecule has 1 aromatic heterocycles. The average molecular weight is 413 g/mol. The number of carbonyl (C=O) groups excluding carboxylic acids is 1. The molecule has 0 radical (unpaired) electrons. The van der Waals surface area contributed by atoms with Gasteiger partial charge in [-0.3, -0.25) is 4.79 Å². The second-order valence-corrected chi connectivity index (χ2v) is 6.92. The number of benzene rings is 1. The predicted molar refractivity (Wildman–Crippen MR) is 112 cm³/mol. The van der Waals surface area contributed by atoms with Gasteiger partial charge in [-0.25, -0.2) is 9.97 Å². The van der Waals surface area contributed by atoms with E-state index in [-0.39, 0.29) is 18.1 Å². The maximum absolute atomic E-state index is 12.3. The van der Waals surface area contributed by atoms with Gasteiger partial charge in [-0.05, 0) is 49.5 Å². The number of rotatable bonds is 8. The zero-order valence-electron chi connectivity index (χ0n) is 17.5. The maximum Gasteiger partial charge on any atom is 0.278 e. The van der Waals surface area contributed by atoms with E-state index in [0.29, 0.717) is 23.3 Å². The van der Waals surface area contributed by atoms with E-state index >= 15 is 0 Å². The van der Waals surface area contributed by atoms with Crippen molar-refractivity contribution >= 4 is 12.0 Å². The maximum atomic E-state index is 12.3. The van der Waals surface area contributed by atoms with Gasteiger partial charge in [-0.15, -0.1) is 0 Å². The molecule has 0 saturated heterocycles. The molecule has 0 spiro atoms. The minimum absolute atomic E-state index is 0.0334. The lowest BCUT2D eigenvalue weighted by atomic mass is 9.93. The van der Waals surface area contributed by atoms with Crippen LogP contribution in [-0.4, -0.2) is 49.4 Å². The van der Waals surface area contributed by atoms with Crippen molar-refractivity contribution < 1.29 is 23.7 Å². The normalized spacial score (nSPS) is 18.6. The molecule has 1 aliphatic rings. The van der Waals surface area contributed by atoms with Crippen LogP contribution in [0.3, 0.4) is 0 Å². The zero-order valence-corrected chi connectivity index (χ0v) is 17.5. The fourth-order valence-corrected chi connectivity index (χ4v) is 3.39. The van der Waals surface area contributed by atoms with Gasteiger partial charge in [0.15, 0.2) is 11.5 Å². The van der Waals surface area contributed by atoms with Crippen molar-refractivity contribution in [3.05, 3.63) is 42.2 Å². The van der Waals surface area contributed by atoms with E-state index < -0.39 is 0 Å². The molecule has 1 aliphatic carbocycles. The van der Waals surface area contributed by atoms with E-state index in [1.807, 2.05) is 18.2 Å². The predicted octanol–water partition coefficient (Wildman–Crippen LogP) is 3.02. The molecular formula is C22H27N3O5. The fraction of sp³-hybridized carbons (Fsp3) is 0.409. The van der Waals surface area contributed by atoms with Crippen LogP contribution in [0.15, 0.2) is 36.7 Å². The Labute approximate surface area is 176 Å². The first-order valence-electron chi connectivity index (χ1n) is 9.85. The minimum atomic E-state index is -0.121. The molecule has 1 amide bonds. The molecular weight excluding hydrogens is 386 g/mol. The van der Waals surface area contributed by atoms with Crippen molar-refractivity contribution in [3.8, 4) is 23.3 Å². The number of amides is 1. The third kappa shape index (κ3) is 5.62. The second kappa shape index (κ2) is 10.5. The molecule has 0 atom stereocenters. The molecule has 0 aliphatic heterocycles. The van der Waals surface area contributed by atoms with Crippen molar-refractivity contribution in [2.75, 3.05) is 21.3 Å². The summed E-state index contributed by atoms with van der Waals surface area (Å²) in [6, 6.07) is 5.63. The summed E-state index contributed by atoms with van der Waals surface area (Å²) in [4.78, 5) is 20.6. The number of nitrogens with zero attached hydrogens (tertiary/aromatic N) is 2. The Kier molecular flexibility index (Phi) is 7.48. The first-order valence-corrected chi connectivity index (χ1v) is 9.85. The van der Waals surface area contributed by atoms with Gasteiger partial charge in [0.2, 0.25) is 5.91 Å². The van der Waals surface area contributed by atoms with E-state index in [1.165, 1.54) is 6.08 Å². The molecule has 8 nitrogen and oxygen atoms in total. The van der Waals surface area contributed by atoms with E-state index in [9.17, 15) is 4.79 Å². The quantitative estimate of drug-likeness (QED) is 0.665. The number of ether oxygens (including phenoxy) is 4. The van der Waals surface area contributed by atoms with Crippen LogP contribution in [-0.2, 0) is 4.79 Å². The first-order chi connectivity index (χ1) is 14.6. The summed E-state index contributed by atoms with van der Waals surface area (Å²) >= 11 is 0. The Hall–Kier alpha value is -3.29. The molecule has 0 bridgehead atoms. The standard InChI is InChI=1S/C22H27N3O5/c1-27-18-10-4-15(14-19(18)28-2)5-11-20(26)25-16-6-8-17(9-7-16)30-22-21(29-3)23-12-13-24-22/h4-5,10-14,16-17H,6-9H2,1-3H3,(H,25,26)/b11-5+. The Morgan fingerprint density at radius 3 is 2.33 bits per heavy atom. The minimum Gasteiger partial charge on any atom is -0.493 e. The first kappa shape index (κ1) is 21.4. The molecule has 0 unspecified atom stereocenters. The lowest BCUT2D eigenvalue weighted by Crippen LogP contribution is -2.39. The number of hydrogen-bond donors (Lipinski definition) is 1. The Balaban J connectivity index is 1.47. The molecule has 1 N–H and O–H groups in total. The van der Waals surface area contributed by atoms with Gasteiger partial charge in [0.25, 0.3) is 11.8 Å². The van der Waals surface area contributed by atoms with Crippen LogP contribution >= 0.6 is 0 Å². The highest BCUT2D eigenvalue weighted by atomic mass is 16.5. The van der Waals surface area contributed by atoms with Gasteiger partial charge in [-0.1, -0.05) is 6.07 Å². The van der Waals surface area contributed by atoms with Gasteiger partial charge < -0.3 is 24.3 Å². The lowest BCUT2D eigenvalue weighted by Gasteiger charge is -2.29. The topological polar surface area (TPSA) is 91.8 Å². The monoisotopic (exact) mass is 413 g/mol. The fourth-order valence-electron chi connectivity index (χ4n) is 3.39. The molecule has 1 aromatic carbocycles. The summed E-state index contributed by atoms with van der Waals surface area (Å²) in [5.41, 5.74) is 0.859. The number of methoxy groups -OCH3 is 3. The van der Waals surface area contributed by atoms with E-state index in [1.54, 1.807) is 39.8 Å². The van der Waals surface area contributed by atoms with Gasteiger partial charge in [0.1, 0.15) is 6.10 Å². The third-order valence-corrected chi connectivity index (χ3v) is 4.96. The number of carbonyl (C=O) groups is 1. The number of nitrogens with one attached hydrogen (secondary N) is 1. The van der Waals surface area contributed by atoms with Crippen LogP contribution < -0.4 is 24.3 Å². The van der Waals surface area contributed by atoms with Crippen LogP contribution in [0.4, 0.5) is 0 Å². The second-order valence-electron chi connectivity index (χ2n) is 6.92. The van der Waals surface area contributed by atoms with Crippen molar-refractivity contribution in [2.45, 2.75) is 37.8 Å². The molecule has 8 heteroatoms. The highest BCUT2D eigenvalue weighted by Crippen LogP contribution is 2.28. The third-order valence-electron chi connectivity index (χ3n) is 4.96. The lowest BCUT2D eigenvalue weighted by molar-refractivity contribution is -0.117. The van der Waals surface area contributed by atoms with Crippen molar-refractivity contribution in [1.29, 1.82) is 0 Å². The molecule has 1 saturated carbocycles. The van der Waals surface area contributed by atoms with Crippen molar-refractivity contribution in [2.24, 2.45) is 0 Å². The Bertz CT molecular complexity index is 879. The molecule has 1 fully saturated rings. The van der Waals surface area contributed by atoms with E-state index in [2.05, 4.69) is 15.3 Å². The smallest absolute Gasteiger partial charge is 0.278 e. The average Bonchev–Trinajstić information content (AvgIpc) is 2.79. The zero-order chi connectivity index (χ0) is 21.3. The molecule has 1 heterocycles. The van der Waals surface area contributed by atoms with Crippen molar-refractivity contribution in [3.63, 3.8) is 0 Å². The van der Waals surface area contributed by atoms with Crippen LogP contribution in [0, 0.1) is 0 Å². The van der Waals surface area contributed by atoms with Gasteiger partial charge >= 0.3 is 0 Å². The van der Waals surface area contributed by atoms with Crippen LogP contribution in [0.2, 0.25) is 0 Å². The Morgan fingerprint density at radius 1 is 0.967 bits per heavy atom. The summed E-state index contributed by atoms with van der Waals surface area (Å²) in [6.07, 6.45) is 9.79. The van der Waals surface area contributed by atoms with E-state index in [0.717, 1.165) is 31.2 Å². The van der Waals surface area contributed by atoms with Crippen LogP contribution in [0.1, 0.15) is 31.2 Å². The van der Waals surface area contributed by atoms with E-state index in [4.69, 9.17) is 18.9 Å². The summed E-state index contributed by atoms with van der Waals surface area (Å²) < 4.78 is 21.6. The van der Waals surface area contributed by atoms with Crippen LogP contribution in [0.25, 0.3) is 6.08 Å². The highest BCUT2D eigenvalue weighted by molar-refractivity contribution is 5.92. The van der Waals surface area contributed by atoms with Crippen molar-refractivity contribution in [1.82, 2.24) is 15.3 Å². The number of aromatic nitrogens is 2. The van der Waals surface area contributed by atoms with Gasteiger partial charge in [-0.2, -0.15) is 0 Å². The SMILES string of the molecule is COc1ccc(/C=C/C(=O)NC2CCC(Oc3nccnc3OC)CC2)cc1OC. The highest BCUT2D eigenvalue weighted by Gasteiger charge is 2.24. The largest absolute Gasteiger partial charge is 0.493 e. The van der Waals surface area contributed by atoms with Crippen LogP contribution in [0.5, 0.6) is 23.3 Å².